The summed E-state index contributed by atoms with van der Waals surface area (Å²) in [7, 11) is 0. The van der Waals surface area contributed by atoms with E-state index in [1.165, 1.54) is 23.7 Å². The Balaban J connectivity index is 1.91. The zero-order chi connectivity index (χ0) is 9.26. The molecule has 2 nitrogen and oxygen atoms in total. The van der Waals surface area contributed by atoms with Crippen LogP contribution in [0.1, 0.15) is 17.1 Å². The summed E-state index contributed by atoms with van der Waals surface area (Å²) < 4.78 is 0. The van der Waals surface area contributed by atoms with E-state index in [2.05, 4.69) is 38.1 Å². The van der Waals surface area contributed by atoms with Crippen molar-refractivity contribution in [1.29, 1.82) is 0 Å². The van der Waals surface area contributed by atoms with Gasteiger partial charge in [-0.1, -0.05) is 15.9 Å². The predicted molar refractivity (Wildman–Crippen MR) is 59.5 cm³/mol. The number of hydrogen-bond donors (Lipinski definition) is 0. The van der Waals surface area contributed by atoms with E-state index in [1.807, 2.05) is 0 Å². The van der Waals surface area contributed by atoms with Gasteiger partial charge in [0.25, 0.3) is 0 Å². The van der Waals surface area contributed by atoms with E-state index in [9.17, 15) is 0 Å². The summed E-state index contributed by atoms with van der Waals surface area (Å²) in [5.74, 6) is 0. The summed E-state index contributed by atoms with van der Waals surface area (Å²) >= 11 is 5.38. The standard InChI is InChI=1S/C9H13BrN2S/c1-7-11-9(6-13-7)5-12-3-2-8(10)4-12/h6,8H,2-5H2,1H3. The van der Waals surface area contributed by atoms with E-state index in [0.717, 1.165) is 13.1 Å². The molecule has 0 saturated carbocycles. The molecule has 1 saturated heterocycles. The van der Waals surface area contributed by atoms with Crippen molar-refractivity contribution in [2.45, 2.75) is 24.7 Å². The zero-order valence-corrected chi connectivity index (χ0v) is 10.1. The van der Waals surface area contributed by atoms with Gasteiger partial charge in [0.1, 0.15) is 0 Å². The van der Waals surface area contributed by atoms with Crippen molar-refractivity contribution in [3.8, 4) is 0 Å². The van der Waals surface area contributed by atoms with Gasteiger partial charge in [-0.2, -0.15) is 0 Å². The Kier molecular flexibility index (Phi) is 3.01. The predicted octanol–water partition coefficient (Wildman–Crippen LogP) is 2.42. The Morgan fingerprint density at radius 3 is 3.15 bits per heavy atom. The van der Waals surface area contributed by atoms with Crippen molar-refractivity contribution in [3.63, 3.8) is 0 Å². The van der Waals surface area contributed by atoms with Gasteiger partial charge in [0.15, 0.2) is 0 Å². The summed E-state index contributed by atoms with van der Waals surface area (Å²) in [6, 6.07) is 0. The maximum Gasteiger partial charge on any atom is 0.0897 e. The molecule has 0 aliphatic carbocycles. The zero-order valence-electron chi connectivity index (χ0n) is 7.66. The highest BCUT2D eigenvalue weighted by Gasteiger charge is 2.20. The lowest BCUT2D eigenvalue weighted by atomic mass is 10.4. The van der Waals surface area contributed by atoms with Crippen LogP contribution in [0.4, 0.5) is 0 Å². The van der Waals surface area contributed by atoms with Gasteiger partial charge in [-0.25, -0.2) is 4.98 Å². The van der Waals surface area contributed by atoms with E-state index in [1.54, 1.807) is 11.3 Å². The number of rotatable bonds is 2. The van der Waals surface area contributed by atoms with E-state index < -0.39 is 0 Å². The summed E-state index contributed by atoms with van der Waals surface area (Å²) in [6.07, 6.45) is 1.27. The maximum atomic E-state index is 4.46. The molecule has 0 radical (unpaired) electrons. The van der Waals surface area contributed by atoms with Crippen LogP contribution in [0.2, 0.25) is 0 Å². The molecule has 1 aliphatic rings. The molecule has 0 amide bonds. The van der Waals surface area contributed by atoms with Gasteiger partial charge < -0.3 is 0 Å². The average Bonchev–Trinajstić information content (AvgIpc) is 2.62. The van der Waals surface area contributed by atoms with Gasteiger partial charge in [-0.15, -0.1) is 11.3 Å². The number of aromatic nitrogens is 1. The molecule has 1 aromatic heterocycles. The first-order valence-electron chi connectivity index (χ1n) is 4.51. The third-order valence-electron chi connectivity index (χ3n) is 2.27. The Labute approximate surface area is 91.1 Å². The first kappa shape index (κ1) is 9.62. The molecular weight excluding hydrogens is 248 g/mol. The molecule has 13 heavy (non-hydrogen) atoms. The van der Waals surface area contributed by atoms with Gasteiger partial charge in [0.05, 0.1) is 10.7 Å². The molecule has 1 aliphatic heterocycles. The van der Waals surface area contributed by atoms with Crippen LogP contribution in [-0.4, -0.2) is 27.8 Å². The first-order valence-corrected chi connectivity index (χ1v) is 6.31. The molecule has 72 valence electrons. The van der Waals surface area contributed by atoms with Crippen LogP contribution in [0.25, 0.3) is 0 Å². The number of aryl methyl sites for hydroxylation is 1. The molecule has 2 rings (SSSR count). The van der Waals surface area contributed by atoms with Gasteiger partial charge in [-0.3, -0.25) is 4.90 Å². The molecule has 1 atom stereocenters. The summed E-state index contributed by atoms with van der Waals surface area (Å²) in [5, 5.41) is 3.33. The molecular formula is C9H13BrN2S. The number of hydrogen-bond acceptors (Lipinski definition) is 3. The van der Waals surface area contributed by atoms with E-state index in [-0.39, 0.29) is 0 Å². The SMILES string of the molecule is Cc1nc(CN2CCC(Br)C2)cs1. The first-order chi connectivity index (χ1) is 6.24. The Hall–Kier alpha value is 0.0700. The molecule has 1 unspecified atom stereocenters. The van der Waals surface area contributed by atoms with Crippen LogP contribution in [0.15, 0.2) is 5.38 Å². The number of likely N-dealkylation sites (tertiary alicyclic amines) is 1. The van der Waals surface area contributed by atoms with Gasteiger partial charge >= 0.3 is 0 Å². The van der Waals surface area contributed by atoms with E-state index in [4.69, 9.17) is 0 Å². The fraction of sp³-hybridized carbons (Fsp3) is 0.667. The normalized spacial score (nSPS) is 24.0. The monoisotopic (exact) mass is 260 g/mol. The van der Waals surface area contributed by atoms with Crippen LogP contribution in [0.5, 0.6) is 0 Å². The second-order valence-corrected chi connectivity index (χ2v) is 5.84. The number of thiazole rings is 1. The van der Waals surface area contributed by atoms with Gasteiger partial charge in [0, 0.05) is 23.3 Å². The third kappa shape index (κ3) is 2.51. The molecule has 0 bridgehead atoms. The van der Waals surface area contributed by atoms with Crippen molar-refractivity contribution >= 4 is 27.3 Å². The van der Waals surface area contributed by atoms with Crippen molar-refractivity contribution in [3.05, 3.63) is 16.1 Å². The average molecular weight is 261 g/mol. The van der Waals surface area contributed by atoms with Crippen LogP contribution >= 0.6 is 27.3 Å². The van der Waals surface area contributed by atoms with Crippen molar-refractivity contribution in [2.24, 2.45) is 0 Å². The van der Waals surface area contributed by atoms with Crippen LogP contribution in [-0.2, 0) is 6.54 Å². The molecule has 0 N–H and O–H groups in total. The molecule has 4 heteroatoms. The molecule has 0 aromatic carbocycles. The lowest BCUT2D eigenvalue weighted by Crippen LogP contribution is -2.20. The Morgan fingerprint density at radius 1 is 1.77 bits per heavy atom. The minimum absolute atomic E-state index is 0.687. The largest absolute Gasteiger partial charge is 0.296 e. The Morgan fingerprint density at radius 2 is 2.62 bits per heavy atom. The second kappa shape index (κ2) is 4.07. The van der Waals surface area contributed by atoms with Gasteiger partial charge in [-0.05, 0) is 19.9 Å². The summed E-state index contributed by atoms with van der Waals surface area (Å²) in [5.41, 5.74) is 1.23. The van der Waals surface area contributed by atoms with E-state index >= 15 is 0 Å². The molecule has 1 fully saturated rings. The molecule has 1 aromatic rings. The fourth-order valence-electron chi connectivity index (χ4n) is 1.64. The minimum Gasteiger partial charge on any atom is -0.296 e. The number of halogens is 1. The fourth-order valence-corrected chi connectivity index (χ4v) is 2.86. The maximum absolute atomic E-state index is 4.46. The van der Waals surface area contributed by atoms with Crippen LogP contribution in [0.3, 0.4) is 0 Å². The smallest absolute Gasteiger partial charge is 0.0897 e. The van der Waals surface area contributed by atoms with Crippen molar-refractivity contribution in [2.75, 3.05) is 13.1 Å². The molecule has 2 heterocycles. The lowest BCUT2D eigenvalue weighted by Gasteiger charge is -2.12. The summed E-state index contributed by atoms with van der Waals surface area (Å²) in [6.45, 7) is 5.45. The quantitative estimate of drug-likeness (QED) is 0.760. The highest BCUT2D eigenvalue weighted by atomic mass is 79.9. The van der Waals surface area contributed by atoms with Crippen molar-refractivity contribution < 1.29 is 0 Å². The third-order valence-corrected chi connectivity index (χ3v) is 3.84. The second-order valence-electron chi connectivity index (χ2n) is 3.48. The lowest BCUT2D eigenvalue weighted by molar-refractivity contribution is 0.329. The summed E-state index contributed by atoms with van der Waals surface area (Å²) in [4.78, 5) is 7.60. The van der Waals surface area contributed by atoms with Crippen LogP contribution in [0, 0.1) is 6.92 Å². The highest BCUT2D eigenvalue weighted by molar-refractivity contribution is 9.09. The van der Waals surface area contributed by atoms with Gasteiger partial charge in [0.2, 0.25) is 0 Å². The van der Waals surface area contributed by atoms with E-state index in [0.29, 0.717) is 4.83 Å². The van der Waals surface area contributed by atoms with Crippen LogP contribution < -0.4 is 0 Å². The highest BCUT2D eigenvalue weighted by Crippen LogP contribution is 2.19. The molecule has 0 spiro atoms. The Bertz CT molecular complexity index is 287. The topological polar surface area (TPSA) is 16.1 Å². The number of alkyl halides is 1. The van der Waals surface area contributed by atoms with Crippen molar-refractivity contribution in [1.82, 2.24) is 9.88 Å². The minimum atomic E-state index is 0.687. The number of nitrogens with zero attached hydrogens (tertiary/aromatic N) is 2.